The number of amides is 2. The Morgan fingerprint density at radius 3 is 2.37 bits per heavy atom. The maximum Gasteiger partial charge on any atom is 0.254 e. The van der Waals surface area contributed by atoms with Gasteiger partial charge in [0, 0.05) is 24.6 Å². The van der Waals surface area contributed by atoms with Crippen molar-refractivity contribution < 1.29 is 22.7 Å². The van der Waals surface area contributed by atoms with Crippen molar-refractivity contribution in [1.29, 1.82) is 0 Å². The second-order valence-corrected chi connectivity index (χ2v) is 8.35. The highest BCUT2D eigenvalue weighted by atomic mass is 32.2. The molecule has 7 nitrogen and oxygen atoms in total. The van der Waals surface area contributed by atoms with Crippen molar-refractivity contribution in [3.8, 4) is 5.75 Å². The summed E-state index contributed by atoms with van der Waals surface area (Å²) in [6.45, 7) is -0.138. The van der Waals surface area contributed by atoms with Crippen LogP contribution in [0.4, 0.5) is 5.69 Å². The fourth-order valence-electron chi connectivity index (χ4n) is 2.48. The number of ether oxygens (including phenoxy) is 1. The summed E-state index contributed by atoms with van der Waals surface area (Å²) in [5, 5.41) is 2.71. The predicted molar refractivity (Wildman–Crippen MR) is 104 cm³/mol. The van der Waals surface area contributed by atoms with E-state index in [0.29, 0.717) is 22.6 Å². The van der Waals surface area contributed by atoms with Gasteiger partial charge < -0.3 is 15.0 Å². The van der Waals surface area contributed by atoms with Gasteiger partial charge in [-0.1, -0.05) is 12.1 Å². The average molecular weight is 390 g/mol. The number of carbonyl (C=O) groups is 2. The number of sulfone groups is 1. The van der Waals surface area contributed by atoms with Crippen LogP contribution >= 0.6 is 0 Å². The third-order valence-electron chi connectivity index (χ3n) is 3.70. The molecule has 2 amide bonds. The molecule has 0 aliphatic heterocycles. The summed E-state index contributed by atoms with van der Waals surface area (Å²) in [5.74, 6) is -0.178. The van der Waals surface area contributed by atoms with Crippen LogP contribution in [0.5, 0.6) is 5.75 Å². The lowest BCUT2D eigenvalue weighted by atomic mass is 10.1. The van der Waals surface area contributed by atoms with Crippen molar-refractivity contribution in [2.45, 2.75) is 5.75 Å². The van der Waals surface area contributed by atoms with Crippen LogP contribution in [0.15, 0.2) is 48.5 Å². The van der Waals surface area contributed by atoms with E-state index in [9.17, 15) is 18.0 Å². The number of carbonyl (C=O) groups excluding carboxylic acids is 2. The first kappa shape index (κ1) is 20.4. The first-order valence-corrected chi connectivity index (χ1v) is 10.2. The summed E-state index contributed by atoms with van der Waals surface area (Å²) in [6.07, 6.45) is 1.14. The molecule has 0 atom stereocenters. The van der Waals surface area contributed by atoms with Crippen LogP contribution in [-0.2, 0) is 20.4 Å². The highest BCUT2D eigenvalue weighted by molar-refractivity contribution is 7.89. The van der Waals surface area contributed by atoms with Gasteiger partial charge in [-0.25, -0.2) is 8.42 Å². The molecule has 0 heterocycles. The molecule has 0 radical (unpaired) electrons. The Balaban J connectivity index is 2.00. The molecule has 0 aliphatic carbocycles. The minimum Gasteiger partial charge on any atom is -0.497 e. The van der Waals surface area contributed by atoms with Gasteiger partial charge in [-0.15, -0.1) is 0 Å². The molecular formula is C19H22N2O5S. The standard InChI is InChI=1S/C19H22N2O5S/c1-21(12-18(22)20-16-7-9-17(26-2)10-8-16)19(23)15-6-4-5-14(11-15)13-27(3,24)25/h4-11H,12-13H2,1-3H3,(H,20,22). The van der Waals surface area contributed by atoms with Crippen molar-refractivity contribution in [3.05, 3.63) is 59.7 Å². The Bertz CT molecular complexity index is 923. The number of methoxy groups -OCH3 is 1. The first-order valence-electron chi connectivity index (χ1n) is 8.14. The summed E-state index contributed by atoms with van der Waals surface area (Å²) >= 11 is 0. The number of likely N-dealkylation sites (N-methyl/N-ethyl adjacent to an activating group) is 1. The summed E-state index contributed by atoms with van der Waals surface area (Å²) in [6, 6.07) is 13.2. The van der Waals surface area contributed by atoms with E-state index in [4.69, 9.17) is 4.74 Å². The minimum absolute atomic E-state index is 0.138. The third kappa shape index (κ3) is 6.41. The molecule has 0 aromatic heterocycles. The number of hydrogen-bond donors (Lipinski definition) is 1. The van der Waals surface area contributed by atoms with Gasteiger partial charge in [0.25, 0.3) is 5.91 Å². The van der Waals surface area contributed by atoms with Crippen LogP contribution in [0.25, 0.3) is 0 Å². The molecule has 0 aliphatic rings. The predicted octanol–water partition coefficient (Wildman–Crippen LogP) is 1.95. The summed E-state index contributed by atoms with van der Waals surface area (Å²) in [7, 11) is -0.129. The van der Waals surface area contributed by atoms with E-state index in [0.717, 1.165) is 6.26 Å². The SMILES string of the molecule is COc1ccc(NC(=O)CN(C)C(=O)c2cccc(CS(C)(=O)=O)c2)cc1. The smallest absolute Gasteiger partial charge is 0.254 e. The second-order valence-electron chi connectivity index (χ2n) is 6.21. The number of anilines is 1. The molecule has 0 saturated heterocycles. The van der Waals surface area contributed by atoms with Crippen LogP contribution in [-0.4, -0.2) is 52.1 Å². The topological polar surface area (TPSA) is 92.8 Å². The van der Waals surface area contributed by atoms with Gasteiger partial charge in [0.05, 0.1) is 19.4 Å². The van der Waals surface area contributed by atoms with E-state index in [2.05, 4.69) is 5.32 Å². The highest BCUT2D eigenvalue weighted by Crippen LogP contribution is 2.15. The lowest BCUT2D eigenvalue weighted by Crippen LogP contribution is -2.35. The van der Waals surface area contributed by atoms with E-state index in [-0.39, 0.29) is 24.1 Å². The summed E-state index contributed by atoms with van der Waals surface area (Å²) < 4.78 is 27.9. The van der Waals surface area contributed by atoms with Gasteiger partial charge in [-0.05, 0) is 42.0 Å². The zero-order valence-corrected chi connectivity index (χ0v) is 16.2. The lowest BCUT2D eigenvalue weighted by Gasteiger charge is -2.17. The van der Waals surface area contributed by atoms with Crippen LogP contribution in [0, 0.1) is 0 Å². The molecule has 0 fully saturated rings. The largest absolute Gasteiger partial charge is 0.497 e. The molecule has 2 aromatic carbocycles. The Kier molecular flexibility index (Phi) is 6.57. The monoisotopic (exact) mass is 390 g/mol. The number of benzene rings is 2. The fourth-order valence-corrected chi connectivity index (χ4v) is 3.26. The number of rotatable bonds is 7. The normalized spacial score (nSPS) is 10.9. The lowest BCUT2D eigenvalue weighted by molar-refractivity contribution is -0.116. The molecule has 0 unspecified atom stereocenters. The maximum atomic E-state index is 12.5. The fraction of sp³-hybridized carbons (Fsp3) is 0.263. The van der Waals surface area contributed by atoms with Gasteiger partial charge in [-0.2, -0.15) is 0 Å². The van der Waals surface area contributed by atoms with Gasteiger partial charge in [0.15, 0.2) is 9.84 Å². The van der Waals surface area contributed by atoms with Gasteiger partial charge in [-0.3, -0.25) is 9.59 Å². The van der Waals surface area contributed by atoms with E-state index < -0.39 is 9.84 Å². The van der Waals surface area contributed by atoms with Crippen LogP contribution < -0.4 is 10.1 Å². The van der Waals surface area contributed by atoms with Crippen LogP contribution in [0.1, 0.15) is 15.9 Å². The highest BCUT2D eigenvalue weighted by Gasteiger charge is 2.16. The maximum absolute atomic E-state index is 12.5. The molecule has 0 bridgehead atoms. The Labute approximate surface area is 158 Å². The van der Waals surface area contributed by atoms with Crippen molar-refractivity contribution in [2.24, 2.45) is 0 Å². The summed E-state index contributed by atoms with van der Waals surface area (Å²) in [4.78, 5) is 25.9. The van der Waals surface area contributed by atoms with Gasteiger partial charge in [0.1, 0.15) is 5.75 Å². The van der Waals surface area contributed by atoms with E-state index in [1.165, 1.54) is 18.0 Å². The molecule has 0 spiro atoms. The molecule has 2 rings (SSSR count). The zero-order chi connectivity index (χ0) is 20.0. The Morgan fingerprint density at radius 2 is 1.78 bits per heavy atom. The van der Waals surface area contributed by atoms with Gasteiger partial charge >= 0.3 is 0 Å². The third-order valence-corrected chi connectivity index (χ3v) is 4.56. The van der Waals surface area contributed by atoms with Crippen LogP contribution in [0.3, 0.4) is 0 Å². The van der Waals surface area contributed by atoms with Crippen molar-refractivity contribution in [3.63, 3.8) is 0 Å². The second kappa shape index (κ2) is 8.68. The zero-order valence-electron chi connectivity index (χ0n) is 15.4. The summed E-state index contributed by atoms with van der Waals surface area (Å²) in [5.41, 5.74) is 1.45. The molecule has 27 heavy (non-hydrogen) atoms. The van der Waals surface area contributed by atoms with E-state index >= 15 is 0 Å². The Hall–Kier alpha value is -2.87. The number of nitrogens with zero attached hydrogens (tertiary/aromatic N) is 1. The minimum atomic E-state index is -3.20. The molecule has 8 heteroatoms. The number of hydrogen-bond acceptors (Lipinski definition) is 5. The van der Waals surface area contributed by atoms with Crippen LogP contribution in [0.2, 0.25) is 0 Å². The quantitative estimate of drug-likeness (QED) is 0.780. The van der Waals surface area contributed by atoms with Gasteiger partial charge in [0.2, 0.25) is 5.91 Å². The van der Waals surface area contributed by atoms with Crippen molar-refractivity contribution in [1.82, 2.24) is 4.90 Å². The molecule has 2 aromatic rings. The average Bonchev–Trinajstić information content (AvgIpc) is 2.60. The van der Waals surface area contributed by atoms with Crippen molar-refractivity contribution >= 4 is 27.3 Å². The number of nitrogens with one attached hydrogen (secondary N) is 1. The molecule has 0 saturated carbocycles. The van der Waals surface area contributed by atoms with E-state index in [1.807, 2.05) is 0 Å². The first-order chi connectivity index (χ1) is 12.7. The van der Waals surface area contributed by atoms with E-state index in [1.54, 1.807) is 49.6 Å². The Morgan fingerprint density at radius 1 is 1.11 bits per heavy atom. The molecule has 1 N–H and O–H groups in total. The van der Waals surface area contributed by atoms with Crippen molar-refractivity contribution in [2.75, 3.05) is 32.3 Å². The molecular weight excluding hydrogens is 368 g/mol. The molecule has 144 valence electrons.